The van der Waals surface area contributed by atoms with Gasteiger partial charge in [-0.1, -0.05) is 35.5 Å². The smallest absolute Gasteiger partial charge is 0.294 e. The SMILES string of the molecule is CN(C)[C@@H](C(=O)N1CCN(C(=O)C(=O)C2=CNC3C(n4ccnn4)=NC=C(F)C23)CC1)c1ccccc1. The quantitative estimate of drug-likeness (QED) is 0.583. The Hall–Kier alpha value is -4.19. The van der Waals surface area contributed by atoms with Crippen LogP contribution in [0.1, 0.15) is 11.6 Å². The molecule has 1 fully saturated rings. The molecule has 12 heteroatoms. The highest BCUT2D eigenvalue weighted by atomic mass is 19.1. The van der Waals surface area contributed by atoms with E-state index < -0.39 is 35.5 Å². The third-order valence-corrected chi connectivity index (χ3v) is 6.84. The van der Waals surface area contributed by atoms with Gasteiger partial charge in [0.25, 0.3) is 5.91 Å². The van der Waals surface area contributed by atoms with E-state index in [0.29, 0.717) is 18.9 Å². The Labute approximate surface area is 212 Å². The highest BCUT2D eigenvalue weighted by Gasteiger charge is 2.45. The second-order valence-corrected chi connectivity index (χ2v) is 9.29. The summed E-state index contributed by atoms with van der Waals surface area (Å²) >= 11 is 0. The van der Waals surface area contributed by atoms with E-state index in [1.165, 1.54) is 22.0 Å². The predicted molar refractivity (Wildman–Crippen MR) is 132 cm³/mol. The molecule has 11 nitrogen and oxygen atoms in total. The van der Waals surface area contributed by atoms with E-state index in [0.717, 1.165) is 11.8 Å². The van der Waals surface area contributed by atoms with Crippen molar-refractivity contribution in [2.45, 2.75) is 12.1 Å². The minimum absolute atomic E-state index is 0.0338. The van der Waals surface area contributed by atoms with Crippen molar-refractivity contribution in [2.75, 3.05) is 40.3 Å². The van der Waals surface area contributed by atoms with Gasteiger partial charge < -0.3 is 15.1 Å². The number of Topliss-reactive ketones (excluding diaryl/α,β-unsaturated/α-hetero) is 1. The van der Waals surface area contributed by atoms with E-state index in [-0.39, 0.29) is 24.6 Å². The Morgan fingerprint density at radius 1 is 1.08 bits per heavy atom. The molecule has 1 saturated heterocycles. The van der Waals surface area contributed by atoms with Crippen LogP contribution in [0.25, 0.3) is 0 Å². The Morgan fingerprint density at radius 3 is 2.43 bits per heavy atom. The maximum absolute atomic E-state index is 14.8. The molecular formula is C25H27FN8O3. The number of halogens is 1. The van der Waals surface area contributed by atoms with Gasteiger partial charge in [-0.2, -0.15) is 0 Å². The fourth-order valence-corrected chi connectivity index (χ4v) is 4.97. The number of carbonyl (C=O) groups excluding carboxylic acids is 3. The highest BCUT2D eigenvalue weighted by molar-refractivity contribution is 6.43. The lowest BCUT2D eigenvalue weighted by atomic mass is 9.88. The van der Waals surface area contributed by atoms with E-state index >= 15 is 0 Å². The number of aromatic nitrogens is 3. The van der Waals surface area contributed by atoms with Crippen molar-refractivity contribution in [3.63, 3.8) is 0 Å². The van der Waals surface area contributed by atoms with E-state index in [4.69, 9.17) is 0 Å². The highest BCUT2D eigenvalue weighted by Crippen LogP contribution is 2.34. The summed E-state index contributed by atoms with van der Waals surface area (Å²) in [5.41, 5.74) is 0.921. The van der Waals surface area contributed by atoms with Crippen molar-refractivity contribution in [3.05, 3.63) is 72.1 Å². The van der Waals surface area contributed by atoms with Crippen LogP contribution in [0, 0.1) is 5.92 Å². The summed E-state index contributed by atoms with van der Waals surface area (Å²) in [6.45, 7) is 1.03. The molecule has 0 spiro atoms. The second kappa shape index (κ2) is 10.1. The van der Waals surface area contributed by atoms with Gasteiger partial charge in [0.05, 0.1) is 30.6 Å². The Kier molecular flexibility index (Phi) is 6.66. The lowest BCUT2D eigenvalue weighted by Gasteiger charge is -2.37. The zero-order valence-corrected chi connectivity index (χ0v) is 20.5. The first-order valence-electron chi connectivity index (χ1n) is 12.0. The Morgan fingerprint density at radius 2 is 1.78 bits per heavy atom. The van der Waals surface area contributed by atoms with Crippen molar-refractivity contribution in [1.82, 2.24) is 35.0 Å². The number of ketones is 1. The van der Waals surface area contributed by atoms with Crippen molar-refractivity contribution >= 4 is 23.4 Å². The maximum Gasteiger partial charge on any atom is 0.294 e. The van der Waals surface area contributed by atoms with Gasteiger partial charge in [-0.3, -0.25) is 19.3 Å². The molecule has 3 aliphatic rings. The van der Waals surface area contributed by atoms with Crippen molar-refractivity contribution < 1.29 is 18.8 Å². The monoisotopic (exact) mass is 506 g/mol. The standard InChI is InChI=1S/C25H27FN8O3/c1-31(2)21(16-6-4-3-5-7-16)24(36)32-10-12-33(13-11-32)25(37)22(35)17-14-27-20-19(17)18(26)15-28-23(20)34-9-8-29-30-34/h3-9,14-15,19-21,27H,10-13H2,1-2H3/t19?,20?,21-/m1/s1. The number of likely N-dealkylation sites (N-methyl/N-ethyl adjacent to an activating group) is 1. The third kappa shape index (κ3) is 4.55. The van der Waals surface area contributed by atoms with Gasteiger partial charge in [0.15, 0.2) is 5.84 Å². The molecule has 5 rings (SSSR count). The third-order valence-electron chi connectivity index (χ3n) is 6.84. The molecule has 4 heterocycles. The van der Waals surface area contributed by atoms with Gasteiger partial charge in [0.2, 0.25) is 11.7 Å². The fraction of sp³-hybridized carbons (Fsp3) is 0.360. The average Bonchev–Trinajstić information content (AvgIpc) is 3.60. The zero-order chi connectivity index (χ0) is 26.1. The number of rotatable bonds is 5. The molecule has 0 saturated carbocycles. The summed E-state index contributed by atoms with van der Waals surface area (Å²) in [4.78, 5) is 48.7. The average molecular weight is 507 g/mol. The summed E-state index contributed by atoms with van der Waals surface area (Å²) in [7, 11) is 3.70. The number of hydrogen-bond acceptors (Lipinski definition) is 8. The normalized spacial score (nSPS) is 22.0. The summed E-state index contributed by atoms with van der Waals surface area (Å²) in [5, 5.41) is 10.6. The first-order chi connectivity index (χ1) is 17.9. The fourth-order valence-electron chi connectivity index (χ4n) is 4.97. The number of nitrogens with zero attached hydrogens (tertiary/aromatic N) is 7. The zero-order valence-electron chi connectivity index (χ0n) is 20.5. The van der Waals surface area contributed by atoms with Crippen molar-refractivity contribution in [2.24, 2.45) is 10.9 Å². The van der Waals surface area contributed by atoms with Crippen LogP contribution in [0.3, 0.4) is 0 Å². The van der Waals surface area contributed by atoms with E-state index in [1.807, 2.05) is 49.3 Å². The molecule has 2 unspecified atom stereocenters. The number of hydrogen-bond donors (Lipinski definition) is 1. The Bertz CT molecular complexity index is 1280. The van der Waals surface area contributed by atoms with Crippen molar-refractivity contribution in [3.8, 4) is 0 Å². The summed E-state index contributed by atoms with van der Waals surface area (Å²) in [5.74, 6) is -2.78. The van der Waals surface area contributed by atoms with E-state index in [2.05, 4.69) is 20.6 Å². The first kappa shape index (κ1) is 24.5. The number of fused-ring (bicyclic) bond motifs is 1. The number of nitrogens with one attached hydrogen (secondary N) is 1. The molecule has 0 radical (unpaired) electrons. The lowest BCUT2D eigenvalue weighted by Crippen LogP contribution is -2.54. The molecule has 3 atom stereocenters. The molecule has 192 valence electrons. The van der Waals surface area contributed by atoms with E-state index in [1.54, 1.807) is 11.1 Å². The number of piperazine rings is 1. The molecule has 1 N–H and O–H groups in total. The van der Waals surface area contributed by atoms with Gasteiger partial charge >= 0.3 is 0 Å². The summed E-state index contributed by atoms with van der Waals surface area (Å²) in [6.07, 6.45) is 5.45. The first-order valence-corrected chi connectivity index (χ1v) is 12.0. The predicted octanol–water partition coefficient (Wildman–Crippen LogP) is 0.364. The van der Waals surface area contributed by atoms with Gasteiger partial charge in [-0.15, -0.1) is 5.10 Å². The number of benzene rings is 1. The van der Waals surface area contributed by atoms with E-state index in [9.17, 15) is 18.8 Å². The van der Waals surface area contributed by atoms with Crippen LogP contribution in [0.5, 0.6) is 0 Å². The van der Waals surface area contributed by atoms with Crippen LogP contribution < -0.4 is 5.32 Å². The van der Waals surface area contributed by atoms with Crippen LogP contribution >= 0.6 is 0 Å². The minimum Gasteiger partial charge on any atom is -0.380 e. The molecule has 1 aromatic carbocycles. The second-order valence-electron chi connectivity index (χ2n) is 9.29. The molecule has 37 heavy (non-hydrogen) atoms. The summed E-state index contributed by atoms with van der Waals surface area (Å²) in [6, 6.07) is 8.38. The maximum atomic E-state index is 14.8. The number of amides is 2. The van der Waals surface area contributed by atoms with Gasteiger partial charge in [0.1, 0.15) is 11.9 Å². The van der Waals surface area contributed by atoms with Crippen LogP contribution in [-0.2, 0) is 14.4 Å². The molecule has 3 aliphatic heterocycles. The topological polar surface area (TPSA) is 116 Å². The van der Waals surface area contributed by atoms with Crippen LogP contribution in [-0.4, -0.2) is 99.4 Å². The number of carbonyl (C=O) groups is 3. The Balaban J connectivity index is 1.23. The van der Waals surface area contributed by atoms with Crippen LogP contribution in [0.4, 0.5) is 4.39 Å². The molecular weight excluding hydrogens is 479 g/mol. The van der Waals surface area contributed by atoms with Gasteiger partial charge in [0, 0.05) is 38.0 Å². The van der Waals surface area contributed by atoms with Crippen LogP contribution in [0.15, 0.2) is 71.5 Å². The van der Waals surface area contributed by atoms with Crippen molar-refractivity contribution in [1.29, 1.82) is 0 Å². The van der Waals surface area contributed by atoms with Crippen LogP contribution in [0.2, 0.25) is 0 Å². The lowest BCUT2D eigenvalue weighted by molar-refractivity contribution is -0.147. The summed E-state index contributed by atoms with van der Waals surface area (Å²) < 4.78 is 16.2. The molecule has 2 amide bonds. The minimum atomic E-state index is -0.984. The molecule has 2 aromatic rings. The molecule has 0 bridgehead atoms. The largest absolute Gasteiger partial charge is 0.380 e. The molecule has 0 aliphatic carbocycles. The number of aliphatic imine (C=N–C) groups is 1. The molecule has 1 aromatic heterocycles. The van der Waals surface area contributed by atoms with Gasteiger partial charge in [-0.25, -0.2) is 14.1 Å². The van der Waals surface area contributed by atoms with Gasteiger partial charge in [-0.05, 0) is 19.7 Å².